The second-order valence-electron chi connectivity index (χ2n) is 5.00. The van der Waals surface area contributed by atoms with E-state index in [0.29, 0.717) is 19.2 Å². The van der Waals surface area contributed by atoms with E-state index in [2.05, 4.69) is 30.7 Å². The Balaban J connectivity index is 2.04. The second kappa shape index (κ2) is 7.11. The lowest BCUT2D eigenvalue weighted by Crippen LogP contribution is -2.42. The van der Waals surface area contributed by atoms with Gasteiger partial charge in [0.05, 0.1) is 6.10 Å². The van der Waals surface area contributed by atoms with Crippen LogP contribution in [0.3, 0.4) is 0 Å². The standard InChI is InChI=1S/C12H24N2O2S/c1-12(2,17-3)9-14-11(15)13-7-6-10-5-4-8-16-10/h10H,4-9H2,1-3H3,(H2,13,14,15)/t10-/m0/s1. The van der Waals surface area contributed by atoms with Gasteiger partial charge in [-0.05, 0) is 39.4 Å². The third kappa shape index (κ3) is 6.17. The predicted molar refractivity (Wildman–Crippen MR) is 72.6 cm³/mol. The molecule has 5 heteroatoms. The number of rotatable bonds is 6. The van der Waals surface area contributed by atoms with E-state index in [4.69, 9.17) is 4.74 Å². The topological polar surface area (TPSA) is 50.4 Å². The number of nitrogens with one attached hydrogen (secondary N) is 2. The summed E-state index contributed by atoms with van der Waals surface area (Å²) < 4.78 is 5.58. The molecule has 1 heterocycles. The monoisotopic (exact) mass is 260 g/mol. The fraction of sp³-hybridized carbons (Fsp3) is 0.917. The lowest BCUT2D eigenvalue weighted by atomic mass is 10.2. The Bertz CT molecular complexity index is 241. The maximum absolute atomic E-state index is 11.5. The Labute approximate surface area is 108 Å². The fourth-order valence-corrected chi connectivity index (χ4v) is 1.86. The molecule has 2 amide bonds. The Hall–Kier alpha value is -0.420. The van der Waals surface area contributed by atoms with Crippen molar-refractivity contribution in [2.75, 3.05) is 26.0 Å². The molecule has 1 aliphatic heterocycles. The number of thioether (sulfide) groups is 1. The average Bonchev–Trinajstić information content (AvgIpc) is 2.80. The van der Waals surface area contributed by atoms with Crippen molar-refractivity contribution in [2.45, 2.75) is 44.0 Å². The van der Waals surface area contributed by atoms with Crippen LogP contribution in [0.5, 0.6) is 0 Å². The van der Waals surface area contributed by atoms with Crippen LogP contribution in [-0.4, -0.2) is 42.8 Å². The minimum Gasteiger partial charge on any atom is -0.378 e. The van der Waals surface area contributed by atoms with E-state index in [1.165, 1.54) is 0 Å². The molecule has 4 nitrogen and oxygen atoms in total. The molecule has 1 atom stereocenters. The highest BCUT2D eigenvalue weighted by atomic mass is 32.2. The highest BCUT2D eigenvalue weighted by Crippen LogP contribution is 2.19. The zero-order valence-electron chi connectivity index (χ0n) is 11.0. The summed E-state index contributed by atoms with van der Waals surface area (Å²) in [7, 11) is 0. The van der Waals surface area contributed by atoms with Gasteiger partial charge >= 0.3 is 6.03 Å². The Morgan fingerprint density at radius 1 is 1.47 bits per heavy atom. The first-order chi connectivity index (χ1) is 8.03. The lowest BCUT2D eigenvalue weighted by molar-refractivity contribution is 0.104. The van der Waals surface area contributed by atoms with Crippen molar-refractivity contribution in [3.8, 4) is 0 Å². The van der Waals surface area contributed by atoms with Crippen LogP contribution in [0, 0.1) is 0 Å². The lowest BCUT2D eigenvalue weighted by Gasteiger charge is -2.22. The molecular weight excluding hydrogens is 236 g/mol. The first kappa shape index (κ1) is 14.6. The van der Waals surface area contributed by atoms with Crippen LogP contribution in [0.15, 0.2) is 0 Å². The van der Waals surface area contributed by atoms with Gasteiger partial charge in [-0.25, -0.2) is 4.79 Å². The molecule has 0 saturated carbocycles. The number of hydrogen-bond donors (Lipinski definition) is 2. The largest absolute Gasteiger partial charge is 0.378 e. The van der Waals surface area contributed by atoms with Crippen LogP contribution in [0.25, 0.3) is 0 Å². The van der Waals surface area contributed by atoms with Crippen LogP contribution in [0.2, 0.25) is 0 Å². The molecule has 0 aliphatic carbocycles. The van der Waals surface area contributed by atoms with Crippen LogP contribution in [0.1, 0.15) is 33.1 Å². The maximum atomic E-state index is 11.5. The summed E-state index contributed by atoms with van der Waals surface area (Å²) in [6.07, 6.45) is 5.59. The van der Waals surface area contributed by atoms with E-state index in [1.807, 2.05) is 0 Å². The van der Waals surface area contributed by atoms with Gasteiger partial charge < -0.3 is 15.4 Å². The number of urea groups is 1. The summed E-state index contributed by atoms with van der Waals surface area (Å²) in [4.78, 5) is 11.5. The molecule has 17 heavy (non-hydrogen) atoms. The summed E-state index contributed by atoms with van der Waals surface area (Å²) in [6, 6.07) is -0.0786. The smallest absolute Gasteiger partial charge is 0.314 e. The summed E-state index contributed by atoms with van der Waals surface area (Å²) in [6.45, 7) is 6.48. The molecule has 0 unspecified atom stereocenters. The molecule has 100 valence electrons. The van der Waals surface area contributed by atoms with Crippen molar-refractivity contribution in [3.05, 3.63) is 0 Å². The highest BCUT2D eigenvalue weighted by Gasteiger charge is 2.17. The first-order valence-corrected chi connectivity index (χ1v) is 7.44. The van der Waals surface area contributed by atoms with Gasteiger partial charge in [0.1, 0.15) is 0 Å². The molecular formula is C12H24N2O2S. The predicted octanol–water partition coefficient (Wildman–Crippen LogP) is 2.00. The van der Waals surface area contributed by atoms with Gasteiger partial charge in [-0.15, -0.1) is 0 Å². The van der Waals surface area contributed by atoms with Crippen LogP contribution in [-0.2, 0) is 4.74 Å². The summed E-state index contributed by atoms with van der Waals surface area (Å²) in [5.41, 5.74) is 0. The normalized spacial score (nSPS) is 20.3. The second-order valence-corrected chi connectivity index (χ2v) is 6.51. The minimum absolute atomic E-state index is 0.0786. The van der Waals surface area contributed by atoms with Crippen LogP contribution >= 0.6 is 11.8 Å². The van der Waals surface area contributed by atoms with Crippen molar-refractivity contribution in [2.24, 2.45) is 0 Å². The quantitative estimate of drug-likeness (QED) is 0.768. The van der Waals surface area contributed by atoms with Gasteiger partial charge in [0.15, 0.2) is 0 Å². The van der Waals surface area contributed by atoms with Crippen molar-refractivity contribution in [3.63, 3.8) is 0 Å². The van der Waals surface area contributed by atoms with Crippen molar-refractivity contribution >= 4 is 17.8 Å². The Morgan fingerprint density at radius 3 is 2.82 bits per heavy atom. The van der Waals surface area contributed by atoms with Crippen molar-refractivity contribution in [1.82, 2.24) is 10.6 Å². The molecule has 0 aromatic heterocycles. The maximum Gasteiger partial charge on any atom is 0.314 e. The zero-order valence-corrected chi connectivity index (χ0v) is 11.9. The SMILES string of the molecule is CSC(C)(C)CNC(=O)NCC[C@@H]1CCCO1. The van der Waals surface area contributed by atoms with Gasteiger partial charge in [-0.1, -0.05) is 0 Å². The third-order valence-electron chi connectivity index (χ3n) is 3.00. The number of ether oxygens (including phenoxy) is 1. The minimum atomic E-state index is -0.0786. The van der Waals surface area contributed by atoms with Gasteiger partial charge in [-0.2, -0.15) is 11.8 Å². The van der Waals surface area contributed by atoms with E-state index >= 15 is 0 Å². The number of carbonyl (C=O) groups is 1. The number of hydrogen-bond acceptors (Lipinski definition) is 3. The third-order valence-corrected chi connectivity index (χ3v) is 4.25. The molecule has 2 N–H and O–H groups in total. The molecule has 1 saturated heterocycles. The molecule has 0 bridgehead atoms. The van der Waals surface area contributed by atoms with Crippen molar-refractivity contribution in [1.29, 1.82) is 0 Å². The molecule has 1 aliphatic rings. The summed E-state index contributed by atoms with van der Waals surface area (Å²) in [5, 5.41) is 5.75. The van der Waals surface area contributed by atoms with Gasteiger partial charge in [-0.3, -0.25) is 0 Å². The van der Waals surface area contributed by atoms with E-state index in [-0.39, 0.29) is 10.8 Å². The number of amides is 2. The van der Waals surface area contributed by atoms with Crippen LogP contribution < -0.4 is 10.6 Å². The van der Waals surface area contributed by atoms with Gasteiger partial charge in [0.25, 0.3) is 0 Å². The Morgan fingerprint density at radius 2 is 2.24 bits per heavy atom. The van der Waals surface area contributed by atoms with Crippen LogP contribution in [0.4, 0.5) is 4.79 Å². The molecule has 0 aromatic rings. The Kier molecular flexibility index (Phi) is 6.12. The molecule has 0 spiro atoms. The number of carbonyl (C=O) groups excluding carboxylic acids is 1. The highest BCUT2D eigenvalue weighted by molar-refractivity contribution is 7.99. The van der Waals surface area contributed by atoms with Crippen molar-refractivity contribution < 1.29 is 9.53 Å². The molecule has 1 rings (SSSR count). The molecule has 1 fully saturated rings. The van der Waals surface area contributed by atoms with E-state index in [1.54, 1.807) is 11.8 Å². The zero-order chi connectivity index (χ0) is 12.7. The molecule has 0 aromatic carbocycles. The first-order valence-electron chi connectivity index (χ1n) is 6.22. The van der Waals surface area contributed by atoms with Gasteiger partial charge in [0, 0.05) is 24.4 Å². The van der Waals surface area contributed by atoms with E-state index < -0.39 is 0 Å². The fourth-order valence-electron chi connectivity index (χ4n) is 1.65. The summed E-state index contributed by atoms with van der Waals surface area (Å²) >= 11 is 1.75. The van der Waals surface area contributed by atoms with E-state index in [9.17, 15) is 4.79 Å². The average molecular weight is 260 g/mol. The molecule has 0 radical (unpaired) electrons. The van der Waals surface area contributed by atoms with E-state index in [0.717, 1.165) is 25.9 Å². The van der Waals surface area contributed by atoms with Gasteiger partial charge in [0.2, 0.25) is 0 Å². The summed E-state index contributed by atoms with van der Waals surface area (Å²) in [5.74, 6) is 0.